The first-order valence-electron chi connectivity index (χ1n) is 8.23. The molecule has 7 nitrogen and oxygen atoms in total. The van der Waals surface area contributed by atoms with E-state index in [4.69, 9.17) is 4.74 Å². The summed E-state index contributed by atoms with van der Waals surface area (Å²) in [6.45, 7) is 0. The van der Waals surface area contributed by atoms with Gasteiger partial charge >= 0.3 is 0 Å². The summed E-state index contributed by atoms with van der Waals surface area (Å²) in [6, 6.07) is 10.4. The standard InChI is InChI=1S/C18H21N3O4S/c1-21(14-9-10-26(23,24)12-14)17-8-7-13(11-19-17)20-18(22)15-5-3-4-6-16(15)25-2/h3-8,11,14H,9-10,12H2,1-2H3,(H,20,22). The van der Waals surface area contributed by atoms with Crippen molar-refractivity contribution >= 4 is 27.2 Å². The van der Waals surface area contributed by atoms with E-state index >= 15 is 0 Å². The van der Waals surface area contributed by atoms with Gasteiger partial charge in [-0.2, -0.15) is 0 Å². The van der Waals surface area contributed by atoms with Crippen LogP contribution in [0.1, 0.15) is 16.8 Å². The van der Waals surface area contributed by atoms with Gasteiger partial charge in [-0.3, -0.25) is 4.79 Å². The molecule has 1 aliphatic rings. The van der Waals surface area contributed by atoms with Crippen molar-refractivity contribution in [1.29, 1.82) is 0 Å². The van der Waals surface area contributed by atoms with Gasteiger partial charge in [-0.15, -0.1) is 0 Å². The number of rotatable bonds is 5. The van der Waals surface area contributed by atoms with Crippen LogP contribution in [0.15, 0.2) is 42.6 Å². The monoisotopic (exact) mass is 375 g/mol. The highest BCUT2D eigenvalue weighted by Gasteiger charge is 2.31. The molecule has 8 heteroatoms. The fourth-order valence-electron chi connectivity index (χ4n) is 2.97. The van der Waals surface area contributed by atoms with Crippen LogP contribution in [0.2, 0.25) is 0 Å². The predicted molar refractivity (Wildman–Crippen MR) is 101 cm³/mol. The molecule has 1 aromatic carbocycles. The van der Waals surface area contributed by atoms with Gasteiger partial charge in [-0.25, -0.2) is 13.4 Å². The number of hydrogen-bond acceptors (Lipinski definition) is 6. The van der Waals surface area contributed by atoms with Crippen molar-refractivity contribution < 1.29 is 17.9 Å². The van der Waals surface area contributed by atoms with Crippen molar-refractivity contribution in [2.45, 2.75) is 12.5 Å². The van der Waals surface area contributed by atoms with E-state index in [0.29, 0.717) is 29.2 Å². The first kappa shape index (κ1) is 18.2. The predicted octanol–water partition coefficient (Wildman–Crippen LogP) is 1.97. The zero-order valence-electron chi connectivity index (χ0n) is 14.7. The number of amides is 1. The molecule has 0 radical (unpaired) electrons. The molecule has 1 atom stereocenters. The number of pyridine rings is 1. The lowest BCUT2D eigenvalue weighted by Gasteiger charge is -2.24. The number of methoxy groups -OCH3 is 1. The molecule has 0 saturated carbocycles. The first-order chi connectivity index (χ1) is 12.4. The van der Waals surface area contributed by atoms with Gasteiger partial charge in [-0.1, -0.05) is 12.1 Å². The fourth-order valence-corrected chi connectivity index (χ4v) is 4.74. The minimum absolute atomic E-state index is 0.0680. The Morgan fingerprint density at radius 3 is 2.65 bits per heavy atom. The molecule has 3 rings (SSSR count). The number of hydrogen-bond donors (Lipinski definition) is 1. The SMILES string of the molecule is COc1ccccc1C(=O)Nc1ccc(N(C)C2CCS(=O)(=O)C2)nc1. The third-order valence-electron chi connectivity index (χ3n) is 4.47. The molecular weight excluding hydrogens is 354 g/mol. The number of carbonyl (C=O) groups excluding carboxylic acids is 1. The Hall–Kier alpha value is -2.61. The number of benzene rings is 1. The molecule has 1 aliphatic heterocycles. The summed E-state index contributed by atoms with van der Waals surface area (Å²) in [4.78, 5) is 18.6. The molecule has 1 N–H and O–H groups in total. The molecule has 2 aromatic rings. The normalized spacial score (nSPS) is 18.3. The van der Waals surface area contributed by atoms with E-state index in [0.717, 1.165) is 0 Å². The van der Waals surface area contributed by atoms with E-state index in [-0.39, 0.29) is 23.5 Å². The molecular formula is C18H21N3O4S. The maximum absolute atomic E-state index is 12.4. The highest BCUT2D eigenvalue weighted by atomic mass is 32.2. The highest BCUT2D eigenvalue weighted by Crippen LogP contribution is 2.23. The van der Waals surface area contributed by atoms with E-state index in [1.54, 1.807) is 42.6 Å². The number of nitrogens with one attached hydrogen (secondary N) is 1. The zero-order chi connectivity index (χ0) is 18.7. The number of carbonyl (C=O) groups is 1. The summed E-state index contributed by atoms with van der Waals surface area (Å²) in [6.07, 6.45) is 2.16. The van der Waals surface area contributed by atoms with E-state index in [1.807, 2.05) is 11.9 Å². The molecule has 1 amide bonds. The maximum atomic E-state index is 12.4. The Labute approximate surface area is 152 Å². The highest BCUT2D eigenvalue weighted by molar-refractivity contribution is 7.91. The van der Waals surface area contributed by atoms with Crippen molar-refractivity contribution in [3.8, 4) is 5.75 Å². The lowest BCUT2D eigenvalue weighted by Crippen LogP contribution is -2.33. The maximum Gasteiger partial charge on any atom is 0.259 e. The second-order valence-corrected chi connectivity index (χ2v) is 8.46. The van der Waals surface area contributed by atoms with Crippen LogP contribution >= 0.6 is 0 Å². The van der Waals surface area contributed by atoms with Gasteiger partial charge in [0.2, 0.25) is 0 Å². The van der Waals surface area contributed by atoms with Crippen LogP contribution in [0.4, 0.5) is 11.5 Å². The lowest BCUT2D eigenvalue weighted by atomic mass is 10.2. The number of aromatic nitrogens is 1. The van der Waals surface area contributed by atoms with Crippen molar-refractivity contribution in [2.75, 3.05) is 35.9 Å². The smallest absolute Gasteiger partial charge is 0.259 e. The van der Waals surface area contributed by atoms with Crippen molar-refractivity contribution in [1.82, 2.24) is 4.98 Å². The number of ether oxygens (including phenoxy) is 1. The van der Waals surface area contributed by atoms with Crippen LogP contribution in [-0.2, 0) is 9.84 Å². The summed E-state index contributed by atoms with van der Waals surface area (Å²) in [7, 11) is 0.402. The first-order valence-corrected chi connectivity index (χ1v) is 10.1. The molecule has 2 heterocycles. The largest absolute Gasteiger partial charge is 0.496 e. The van der Waals surface area contributed by atoms with Crippen molar-refractivity contribution in [3.63, 3.8) is 0 Å². The van der Waals surface area contributed by atoms with Crippen LogP contribution in [-0.4, -0.2) is 51.0 Å². The van der Waals surface area contributed by atoms with Gasteiger partial charge < -0.3 is 15.0 Å². The number of sulfone groups is 1. The third-order valence-corrected chi connectivity index (χ3v) is 6.23. The topological polar surface area (TPSA) is 88.6 Å². The van der Waals surface area contributed by atoms with Gasteiger partial charge in [0.15, 0.2) is 9.84 Å². The van der Waals surface area contributed by atoms with Gasteiger partial charge in [0.25, 0.3) is 5.91 Å². The molecule has 0 aliphatic carbocycles. The summed E-state index contributed by atoms with van der Waals surface area (Å²) < 4.78 is 28.5. The van der Waals surface area contributed by atoms with Gasteiger partial charge in [0.05, 0.1) is 36.1 Å². The Bertz CT molecular complexity index is 897. The van der Waals surface area contributed by atoms with Gasteiger partial charge in [-0.05, 0) is 30.7 Å². The van der Waals surface area contributed by atoms with Gasteiger partial charge in [0.1, 0.15) is 11.6 Å². The second kappa shape index (κ2) is 7.33. The summed E-state index contributed by atoms with van der Waals surface area (Å²) in [5, 5.41) is 2.79. The van der Waals surface area contributed by atoms with Crippen LogP contribution in [0, 0.1) is 0 Å². The van der Waals surface area contributed by atoms with E-state index in [1.165, 1.54) is 7.11 Å². The lowest BCUT2D eigenvalue weighted by molar-refractivity contribution is 0.102. The Balaban J connectivity index is 1.69. The average molecular weight is 375 g/mol. The minimum atomic E-state index is -2.95. The molecule has 0 spiro atoms. The molecule has 1 fully saturated rings. The molecule has 1 aromatic heterocycles. The summed E-state index contributed by atoms with van der Waals surface area (Å²) in [5.74, 6) is 1.25. The van der Waals surface area contributed by atoms with E-state index in [9.17, 15) is 13.2 Å². The van der Waals surface area contributed by atoms with Crippen LogP contribution < -0.4 is 15.0 Å². The van der Waals surface area contributed by atoms with Crippen LogP contribution in [0.3, 0.4) is 0 Å². The van der Waals surface area contributed by atoms with E-state index in [2.05, 4.69) is 10.3 Å². The fraction of sp³-hybridized carbons (Fsp3) is 0.333. The zero-order valence-corrected chi connectivity index (χ0v) is 15.5. The average Bonchev–Trinajstić information content (AvgIpc) is 3.01. The molecule has 1 saturated heterocycles. The minimum Gasteiger partial charge on any atom is -0.496 e. The van der Waals surface area contributed by atoms with Crippen molar-refractivity contribution in [3.05, 3.63) is 48.2 Å². The summed E-state index contributed by atoms with van der Waals surface area (Å²) in [5.41, 5.74) is 0.990. The number of nitrogens with zero attached hydrogens (tertiary/aromatic N) is 2. The second-order valence-electron chi connectivity index (χ2n) is 6.23. The quantitative estimate of drug-likeness (QED) is 0.859. The number of para-hydroxylation sites is 1. The van der Waals surface area contributed by atoms with E-state index < -0.39 is 9.84 Å². The van der Waals surface area contributed by atoms with Crippen molar-refractivity contribution in [2.24, 2.45) is 0 Å². The Morgan fingerprint density at radius 1 is 1.27 bits per heavy atom. The molecule has 1 unspecified atom stereocenters. The summed E-state index contributed by atoms with van der Waals surface area (Å²) >= 11 is 0. The van der Waals surface area contributed by atoms with Crippen LogP contribution in [0.25, 0.3) is 0 Å². The Kier molecular flexibility index (Phi) is 5.13. The number of anilines is 2. The third kappa shape index (κ3) is 3.96. The van der Waals surface area contributed by atoms with Crippen LogP contribution in [0.5, 0.6) is 5.75 Å². The molecule has 138 valence electrons. The van der Waals surface area contributed by atoms with Gasteiger partial charge in [0, 0.05) is 13.1 Å². The molecule has 0 bridgehead atoms. The Morgan fingerprint density at radius 2 is 2.04 bits per heavy atom. The molecule has 26 heavy (non-hydrogen) atoms.